The Bertz CT molecular complexity index is 868. The maximum absolute atomic E-state index is 13.3. The number of Topliss-reactive ketones (excluding diaryl/α,β-unsaturated/α-hetero) is 2. The van der Waals surface area contributed by atoms with Crippen molar-refractivity contribution in [1.82, 2.24) is 0 Å². The quantitative estimate of drug-likeness (QED) is 0.641. The van der Waals surface area contributed by atoms with E-state index in [0.717, 1.165) is 11.1 Å². The molecule has 0 unspecified atom stereocenters. The summed E-state index contributed by atoms with van der Waals surface area (Å²) in [6.07, 6.45) is 0. The van der Waals surface area contributed by atoms with E-state index in [-0.39, 0.29) is 17.5 Å². The largest absolute Gasteiger partial charge is 0.293 e. The van der Waals surface area contributed by atoms with Crippen LogP contribution in [0.2, 0.25) is 0 Å². The first-order chi connectivity index (χ1) is 12.1. The number of carbonyl (C=O) groups is 2. The topological polar surface area (TPSA) is 34.1 Å². The van der Waals surface area contributed by atoms with Crippen molar-refractivity contribution >= 4 is 11.6 Å². The molecule has 2 heteroatoms. The molecule has 0 amide bonds. The molecule has 3 aromatic rings. The van der Waals surface area contributed by atoms with Gasteiger partial charge in [0.15, 0.2) is 11.6 Å². The molecule has 0 N–H and O–H groups in total. The van der Waals surface area contributed by atoms with Crippen LogP contribution in [0.4, 0.5) is 0 Å². The van der Waals surface area contributed by atoms with Crippen LogP contribution in [0.3, 0.4) is 0 Å². The van der Waals surface area contributed by atoms with Crippen LogP contribution in [-0.2, 0) is 0 Å². The molecule has 122 valence electrons. The summed E-state index contributed by atoms with van der Waals surface area (Å²) in [5, 5.41) is 0. The third-order valence-corrected chi connectivity index (χ3v) is 5.20. The van der Waals surface area contributed by atoms with Gasteiger partial charge in [-0.2, -0.15) is 0 Å². The van der Waals surface area contributed by atoms with Gasteiger partial charge in [-0.1, -0.05) is 84.9 Å². The molecular weight excluding hydrogens is 308 g/mol. The fourth-order valence-corrected chi connectivity index (χ4v) is 3.95. The fourth-order valence-electron chi connectivity index (χ4n) is 3.95. The average Bonchev–Trinajstić information content (AvgIpc) is 2.86. The second-order valence-electron chi connectivity index (χ2n) is 6.66. The molecule has 0 saturated carbocycles. The van der Waals surface area contributed by atoms with E-state index < -0.39 is 5.41 Å². The summed E-state index contributed by atoms with van der Waals surface area (Å²) in [6.45, 7) is 1.79. The van der Waals surface area contributed by atoms with Crippen LogP contribution >= 0.6 is 0 Å². The van der Waals surface area contributed by atoms with Gasteiger partial charge in [-0.25, -0.2) is 0 Å². The Morgan fingerprint density at radius 2 is 0.960 bits per heavy atom. The first-order valence-electron chi connectivity index (χ1n) is 8.42. The zero-order valence-electron chi connectivity index (χ0n) is 14.0. The number of fused-ring (bicyclic) bond motifs is 1. The summed E-state index contributed by atoms with van der Waals surface area (Å²) in [7, 11) is 0. The lowest BCUT2D eigenvalue weighted by atomic mass is 9.67. The van der Waals surface area contributed by atoms with Gasteiger partial charge >= 0.3 is 0 Å². The Morgan fingerprint density at radius 1 is 0.600 bits per heavy atom. The predicted molar refractivity (Wildman–Crippen MR) is 97.9 cm³/mol. The van der Waals surface area contributed by atoms with Crippen molar-refractivity contribution in [2.75, 3.05) is 0 Å². The number of hydrogen-bond donors (Lipinski definition) is 0. The summed E-state index contributed by atoms with van der Waals surface area (Å²) in [5.41, 5.74) is 1.89. The second kappa shape index (κ2) is 5.82. The van der Waals surface area contributed by atoms with Crippen molar-refractivity contribution in [3.05, 3.63) is 107 Å². The van der Waals surface area contributed by atoms with Crippen LogP contribution in [0.1, 0.15) is 44.7 Å². The Balaban J connectivity index is 1.95. The standard InChI is InChI=1S/C23H18O2/c1-23(21(24)18-14-8-9-15-19(18)22(23)25)20(16-10-4-2-5-11-16)17-12-6-3-7-13-17/h2-15,20H,1H3. The Hall–Kier alpha value is -3.00. The van der Waals surface area contributed by atoms with Gasteiger partial charge in [0.1, 0.15) is 5.41 Å². The molecule has 0 aromatic heterocycles. The highest BCUT2D eigenvalue weighted by molar-refractivity contribution is 6.30. The molecule has 25 heavy (non-hydrogen) atoms. The summed E-state index contributed by atoms with van der Waals surface area (Å²) in [4.78, 5) is 26.6. The first kappa shape index (κ1) is 15.5. The van der Waals surface area contributed by atoms with Crippen LogP contribution in [-0.4, -0.2) is 11.6 Å². The highest BCUT2D eigenvalue weighted by Crippen LogP contribution is 2.49. The SMILES string of the molecule is CC1(C(c2ccccc2)c2ccccc2)C(=O)c2ccccc2C1=O. The van der Waals surface area contributed by atoms with E-state index in [1.165, 1.54) is 0 Å². The molecule has 1 aliphatic rings. The van der Waals surface area contributed by atoms with E-state index in [0.29, 0.717) is 11.1 Å². The summed E-state index contributed by atoms with van der Waals surface area (Å²) < 4.78 is 0. The van der Waals surface area contributed by atoms with Crippen molar-refractivity contribution in [1.29, 1.82) is 0 Å². The Labute approximate surface area is 147 Å². The van der Waals surface area contributed by atoms with Crippen molar-refractivity contribution in [3.8, 4) is 0 Å². The molecule has 4 rings (SSSR count). The predicted octanol–water partition coefficient (Wildman–Crippen LogP) is 4.90. The van der Waals surface area contributed by atoms with Crippen LogP contribution in [0.25, 0.3) is 0 Å². The molecule has 0 spiro atoms. The minimum atomic E-state index is -1.13. The minimum absolute atomic E-state index is 0.0918. The van der Waals surface area contributed by atoms with Crippen LogP contribution < -0.4 is 0 Å². The number of ketones is 2. The van der Waals surface area contributed by atoms with Gasteiger partial charge in [0.05, 0.1) is 0 Å². The molecule has 0 heterocycles. The lowest BCUT2D eigenvalue weighted by Crippen LogP contribution is -2.37. The van der Waals surface area contributed by atoms with E-state index in [9.17, 15) is 9.59 Å². The Morgan fingerprint density at radius 3 is 1.36 bits per heavy atom. The molecule has 0 fully saturated rings. The van der Waals surface area contributed by atoms with Gasteiger partial charge < -0.3 is 0 Å². The lowest BCUT2D eigenvalue weighted by Gasteiger charge is -2.32. The number of hydrogen-bond acceptors (Lipinski definition) is 2. The number of benzene rings is 3. The molecule has 0 atom stereocenters. The number of rotatable bonds is 3. The zero-order chi connectivity index (χ0) is 17.4. The van der Waals surface area contributed by atoms with E-state index in [4.69, 9.17) is 0 Å². The maximum atomic E-state index is 13.3. The zero-order valence-corrected chi connectivity index (χ0v) is 14.0. The van der Waals surface area contributed by atoms with Crippen LogP contribution in [0.15, 0.2) is 84.9 Å². The fraction of sp³-hybridized carbons (Fsp3) is 0.130. The third kappa shape index (κ3) is 2.25. The highest BCUT2D eigenvalue weighted by Gasteiger charge is 2.54. The molecule has 0 radical (unpaired) electrons. The van der Waals surface area contributed by atoms with Gasteiger partial charge in [-0.15, -0.1) is 0 Å². The highest BCUT2D eigenvalue weighted by atomic mass is 16.2. The van der Waals surface area contributed by atoms with Crippen molar-refractivity contribution in [2.24, 2.45) is 5.41 Å². The monoisotopic (exact) mass is 326 g/mol. The molecule has 0 aliphatic heterocycles. The van der Waals surface area contributed by atoms with Gasteiger partial charge in [-0.3, -0.25) is 9.59 Å². The molecule has 2 nitrogen and oxygen atoms in total. The second-order valence-corrected chi connectivity index (χ2v) is 6.66. The van der Waals surface area contributed by atoms with Gasteiger partial charge in [0.2, 0.25) is 0 Å². The molecule has 0 saturated heterocycles. The normalized spacial score (nSPS) is 15.4. The van der Waals surface area contributed by atoms with Crippen molar-refractivity contribution in [3.63, 3.8) is 0 Å². The van der Waals surface area contributed by atoms with Crippen molar-refractivity contribution in [2.45, 2.75) is 12.8 Å². The van der Waals surface area contributed by atoms with Gasteiger partial charge in [0.25, 0.3) is 0 Å². The van der Waals surface area contributed by atoms with E-state index in [1.54, 1.807) is 19.1 Å². The third-order valence-electron chi connectivity index (χ3n) is 5.20. The Kier molecular flexibility index (Phi) is 3.61. The minimum Gasteiger partial charge on any atom is -0.293 e. The number of carbonyl (C=O) groups excluding carboxylic acids is 2. The molecule has 0 bridgehead atoms. The van der Waals surface area contributed by atoms with E-state index >= 15 is 0 Å². The first-order valence-corrected chi connectivity index (χ1v) is 8.42. The average molecular weight is 326 g/mol. The molecular formula is C23H18O2. The summed E-state index contributed by atoms with van der Waals surface area (Å²) in [6, 6.07) is 26.8. The van der Waals surface area contributed by atoms with Gasteiger partial charge in [-0.05, 0) is 18.1 Å². The molecule has 1 aliphatic carbocycles. The van der Waals surface area contributed by atoms with E-state index in [1.807, 2.05) is 72.8 Å². The summed E-state index contributed by atoms with van der Waals surface area (Å²) >= 11 is 0. The lowest BCUT2D eigenvalue weighted by molar-refractivity contribution is 0.0698. The van der Waals surface area contributed by atoms with Gasteiger partial charge in [0, 0.05) is 17.0 Å². The van der Waals surface area contributed by atoms with Crippen LogP contribution in [0.5, 0.6) is 0 Å². The van der Waals surface area contributed by atoms with E-state index in [2.05, 4.69) is 0 Å². The smallest absolute Gasteiger partial charge is 0.178 e. The van der Waals surface area contributed by atoms with Crippen molar-refractivity contribution < 1.29 is 9.59 Å². The van der Waals surface area contributed by atoms with Crippen LogP contribution in [0, 0.1) is 5.41 Å². The summed E-state index contributed by atoms with van der Waals surface area (Å²) in [5.74, 6) is -0.501. The maximum Gasteiger partial charge on any atom is 0.178 e. The molecule has 3 aromatic carbocycles.